The van der Waals surface area contributed by atoms with E-state index in [4.69, 9.17) is 5.14 Å². The van der Waals surface area contributed by atoms with Gasteiger partial charge in [0.05, 0.1) is 4.90 Å². The van der Waals surface area contributed by atoms with Gasteiger partial charge in [0.2, 0.25) is 15.9 Å². The Balaban J connectivity index is 2.77. The summed E-state index contributed by atoms with van der Waals surface area (Å²) < 4.78 is 22.1. The lowest BCUT2D eigenvalue weighted by Crippen LogP contribution is -2.34. The van der Waals surface area contributed by atoms with E-state index in [2.05, 4.69) is 5.32 Å². The summed E-state index contributed by atoms with van der Waals surface area (Å²) in [6.07, 6.45) is -2.43. The number of hydrogen-bond donors (Lipinski definition) is 4. The summed E-state index contributed by atoms with van der Waals surface area (Å²) in [5.74, 6) is -0.323. The van der Waals surface area contributed by atoms with Gasteiger partial charge in [0, 0.05) is 13.5 Å². The Morgan fingerprint density at radius 1 is 1.32 bits per heavy atom. The molecule has 0 aromatic heterocycles. The van der Waals surface area contributed by atoms with Crippen molar-refractivity contribution in [1.29, 1.82) is 0 Å². The molecule has 2 unspecified atom stereocenters. The molecule has 1 rings (SSSR count). The molecule has 0 saturated heterocycles. The summed E-state index contributed by atoms with van der Waals surface area (Å²) in [5, 5.41) is 26.8. The number of sulfonamides is 1. The quantitative estimate of drug-likeness (QED) is 0.544. The predicted molar refractivity (Wildman–Crippen MR) is 67.5 cm³/mol. The number of rotatable bonds is 5. The van der Waals surface area contributed by atoms with Gasteiger partial charge in [-0.1, -0.05) is 12.1 Å². The standard InChI is InChI=1S/C11H16N2O5S/c1-7(14)13-6-10(15)11(16)8-2-4-9(5-3-8)19(12,17)18/h2-5,10-11,15-16H,6H2,1H3,(H,13,14)(H2,12,17,18). The van der Waals surface area contributed by atoms with Gasteiger partial charge in [0.15, 0.2) is 0 Å². The van der Waals surface area contributed by atoms with Crippen LogP contribution in [-0.2, 0) is 14.8 Å². The smallest absolute Gasteiger partial charge is 0.238 e. The zero-order valence-corrected chi connectivity index (χ0v) is 11.1. The Kier molecular flexibility index (Phi) is 5.01. The number of amides is 1. The second-order valence-corrected chi connectivity index (χ2v) is 5.62. The monoisotopic (exact) mass is 288 g/mol. The van der Waals surface area contributed by atoms with Crippen molar-refractivity contribution in [1.82, 2.24) is 5.32 Å². The van der Waals surface area contributed by atoms with Crippen LogP contribution in [0.2, 0.25) is 0 Å². The number of nitrogens with two attached hydrogens (primary N) is 1. The summed E-state index contributed by atoms with van der Waals surface area (Å²) in [5.41, 5.74) is 0.324. The number of carbonyl (C=O) groups is 1. The van der Waals surface area contributed by atoms with E-state index < -0.39 is 22.2 Å². The van der Waals surface area contributed by atoms with Crippen LogP contribution in [0.4, 0.5) is 0 Å². The topological polar surface area (TPSA) is 130 Å². The molecule has 0 aliphatic rings. The molecule has 1 aromatic carbocycles. The summed E-state index contributed by atoms with van der Waals surface area (Å²) in [7, 11) is -3.79. The molecule has 0 heterocycles. The molecule has 0 spiro atoms. The van der Waals surface area contributed by atoms with Gasteiger partial charge in [-0.3, -0.25) is 4.79 Å². The molecule has 0 saturated carbocycles. The van der Waals surface area contributed by atoms with Crippen molar-refractivity contribution < 1.29 is 23.4 Å². The summed E-state index contributed by atoms with van der Waals surface area (Å²) in [6.45, 7) is 1.19. The van der Waals surface area contributed by atoms with Crippen molar-refractivity contribution in [2.75, 3.05) is 6.54 Å². The van der Waals surface area contributed by atoms with Crippen LogP contribution in [0.5, 0.6) is 0 Å². The highest BCUT2D eigenvalue weighted by molar-refractivity contribution is 7.89. The highest BCUT2D eigenvalue weighted by Crippen LogP contribution is 2.18. The molecule has 1 aromatic rings. The highest BCUT2D eigenvalue weighted by Gasteiger charge is 2.19. The molecule has 0 fully saturated rings. The van der Waals surface area contributed by atoms with Gasteiger partial charge < -0.3 is 15.5 Å². The number of carbonyl (C=O) groups excluding carboxylic acids is 1. The van der Waals surface area contributed by atoms with Gasteiger partial charge in [-0.15, -0.1) is 0 Å². The first-order chi connectivity index (χ1) is 8.71. The second-order valence-electron chi connectivity index (χ2n) is 4.06. The van der Waals surface area contributed by atoms with Crippen LogP contribution in [0, 0.1) is 0 Å². The molecule has 0 bridgehead atoms. The third kappa shape index (κ3) is 4.60. The molecule has 1 amide bonds. The summed E-state index contributed by atoms with van der Waals surface area (Å²) in [6, 6.07) is 5.17. The van der Waals surface area contributed by atoms with Gasteiger partial charge in [-0.25, -0.2) is 13.6 Å². The Labute approximate surface area is 111 Å². The van der Waals surface area contributed by atoms with Crippen molar-refractivity contribution in [2.24, 2.45) is 5.14 Å². The van der Waals surface area contributed by atoms with Crippen LogP contribution in [-0.4, -0.2) is 37.2 Å². The van der Waals surface area contributed by atoms with Crippen molar-refractivity contribution in [2.45, 2.75) is 24.0 Å². The van der Waals surface area contributed by atoms with E-state index in [0.29, 0.717) is 5.56 Å². The van der Waals surface area contributed by atoms with Gasteiger partial charge >= 0.3 is 0 Å². The SMILES string of the molecule is CC(=O)NCC(O)C(O)c1ccc(S(N)(=O)=O)cc1. The van der Waals surface area contributed by atoms with Crippen molar-refractivity contribution >= 4 is 15.9 Å². The van der Waals surface area contributed by atoms with Gasteiger partial charge in [0.25, 0.3) is 0 Å². The minimum absolute atomic E-state index is 0.0835. The van der Waals surface area contributed by atoms with Crippen LogP contribution < -0.4 is 10.5 Å². The highest BCUT2D eigenvalue weighted by atomic mass is 32.2. The van der Waals surface area contributed by atoms with E-state index in [1.54, 1.807) is 0 Å². The first-order valence-electron chi connectivity index (χ1n) is 5.45. The zero-order chi connectivity index (χ0) is 14.6. The zero-order valence-electron chi connectivity index (χ0n) is 10.3. The molecule has 8 heteroatoms. The lowest BCUT2D eigenvalue weighted by atomic mass is 10.0. The summed E-state index contributed by atoms with van der Waals surface area (Å²) in [4.78, 5) is 10.6. The molecule has 106 valence electrons. The third-order valence-corrected chi connectivity index (χ3v) is 3.40. The first-order valence-corrected chi connectivity index (χ1v) is 7.00. The lowest BCUT2D eigenvalue weighted by Gasteiger charge is -2.18. The van der Waals surface area contributed by atoms with E-state index in [0.717, 1.165) is 0 Å². The van der Waals surface area contributed by atoms with E-state index in [-0.39, 0.29) is 17.3 Å². The normalized spacial score (nSPS) is 14.7. The van der Waals surface area contributed by atoms with Crippen molar-refractivity contribution in [3.63, 3.8) is 0 Å². The molecule has 0 aliphatic carbocycles. The number of aliphatic hydroxyl groups is 2. The maximum atomic E-state index is 11.0. The number of nitrogens with one attached hydrogen (secondary N) is 1. The van der Waals surface area contributed by atoms with Crippen LogP contribution >= 0.6 is 0 Å². The van der Waals surface area contributed by atoms with Crippen LogP contribution in [0.1, 0.15) is 18.6 Å². The molecule has 5 N–H and O–H groups in total. The molecule has 0 aliphatic heterocycles. The lowest BCUT2D eigenvalue weighted by molar-refractivity contribution is -0.119. The molecular formula is C11H16N2O5S. The Bertz CT molecular complexity index is 541. The molecule has 2 atom stereocenters. The summed E-state index contributed by atoms with van der Waals surface area (Å²) >= 11 is 0. The first kappa shape index (κ1) is 15.6. The fourth-order valence-corrected chi connectivity index (χ4v) is 1.95. The van der Waals surface area contributed by atoms with Crippen molar-refractivity contribution in [3.8, 4) is 0 Å². The number of hydrogen-bond acceptors (Lipinski definition) is 5. The van der Waals surface area contributed by atoms with Gasteiger partial charge in [0.1, 0.15) is 12.2 Å². The van der Waals surface area contributed by atoms with Gasteiger partial charge in [-0.2, -0.15) is 0 Å². The number of benzene rings is 1. The second kappa shape index (κ2) is 6.11. The number of primary sulfonamides is 1. The third-order valence-electron chi connectivity index (χ3n) is 2.47. The van der Waals surface area contributed by atoms with Crippen LogP contribution in [0.25, 0.3) is 0 Å². The van der Waals surface area contributed by atoms with E-state index in [1.807, 2.05) is 0 Å². The van der Waals surface area contributed by atoms with E-state index in [1.165, 1.54) is 31.2 Å². The van der Waals surface area contributed by atoms with Crippen molar-refractivity contribution in [3.05, 3.63) is 29.8 Å². The Morgan fingerprint density at radius 3 is 2.26 bits per heavy atom. The van der Waals surface area contributed by atoms with E-state index >= 15 is 0 Å². The molecular weight excluding hydrogens is 272 g/mol. The molecule has 19 heavy (non-hydrogen) atoms. The average molecular weight is 288 g/mol. The fraction of sp³-hybridized carbons (Fsp3) is 0.364. The Morgan fingerprint density at radius 2 is 1.84 bits per heavy atom. The minimum Gasteiger partial charge on any atom is -0.388 e. The minimum atomic E-state index is -3.79. The Hall–Kier alpha value is -1.48. The average Bonchev–Trinajstić information content (AvgIpc) is 2.34. The van der Waals surface area contributed by atoms with Gasteiger partial charge in [-0.05, 0) is 17.7 Å². The fourth-order valence-electron chi connectivity index (χ4n) is 1.44. The number of aliphatic hydroxyl groups excluding tert-OH is 2. The maximum absolute atomic E-state index is 11.0. The van der Waals surface area contributed by atoms with Crippen LogP contribution in [0.15, 0.2) is 29.2 Å². The van der Waals surface area contributed by atoms with Crippen LogP contribution in [0.3, 0.4) is 0 Å². The molecule has 0 radical (unpaired) electrons. The molecule has 7 nitrogen and oxygen atoms in total. The predicted octanol–water partition coefficient (Wildman–Crippen LogP) is -1.14. The largest absolute Gasteiger partial charge is 0.388 e. The van der Waals surface area contributed by atoms with E-state index in [9.17, 15) is 23.4 Å². The maximum Gasteiger partial charge on any atom is 0.238 e.